The van der Waals surface area contributed by atoms with E-state index in [1.807, 2.05) is 19.6 Å². The van der Waals surface area contributed by atoms with Crippen molar-refractivity contribution in [1.82, 2.24) is 0 Å². The Morgan fingerprint density at radius 2 is 1.50 bits per heavy atom. The van der Waals surface area contributed by atoms with Crippen LogP contribution in [0.15, 0.2) is 11.1 Å². The number of aliphatic carboxylic acids is 2. The van der Waals surface area contributed by atoms with Crippen LogP contribution in [-0.4, -0.2) is 30.2 Å². The Morgan fingerprint density at radius 1 is 1.06 bits per heavy atom. The lowest BCUT2D eigenvalue weighted by atomic mass is 9.98. The zero-order valence-corrected chi connectivity index (χ0v) is 11.5. The van der Waals surface area contributed by atoms with Crippen molar-refractivity contribution in [2.24, 2.45) is 5.92 Å². The second kappa shape index (κ2) is 5.29. The minimum Gasteiger partial charge on any atom is -0.478 e. The normalized spacial score (nSPS) is 13.6. The Morgan fingerprint density at radius 3 is 1.69 bits per heavy atom. The third-order valence-electron chi connectivity index (χ3n) is 2.10. The van der Waals surface area contributed by atoms with Crippen LogP contribution in [0.4, 0.5) is 0 Å². The molecule has 4 nitrogen and oxygen atoms in total. The smallest absolute Gasteiger partial charge is 0.332 e. The minimum absolute atomic E-state index is 0.0370. The first-order chi connectivity index (χ1) is 7.06. The molecular formula is C11H20O4Si. The van der Waals surface area contributed by atoms with Gasteiger partial charge in [-0.05, 0) is 12.0 Å². The molecule has 0 radical (unpaired) electrons. The van der Waals surface area contributed by atoms with Crippen molar-refractivity contribution >= 4 is 20.0 Å². The first kappa shape index (κ1) is 14.9. The standard InChI is InChI=1S/C11H20O4Si/c1-7(2)9(11(14)15)8(10(12)13)6-16(3,4)5/h7H,6H2,1-5H3,(H,12,13)(H,14,15)/b9-8+. The van der Waals surface area contributed by atoms with Crippen LogP contribution in [-0.2, 0) is 9.59 Å². The lowest BCUT2D eigenvalue weighted by Crippen LogP contribution is -2.25. The SMILES string of the molecule is CC(C)/C(C(=O)O)=C(/C[Si](C)(C)C)C(=O)O. The van der Waals surface area contributed by atoms with E-state index in [2.05, 4.69) is 0 Å². The lowest BCUT2D eigenvalue weighted by molar-refractivity contribution is -0.136. The van der Waals surface area contributed by atoms with Crippen LogP contribution in [0.5, 0.6) is 0 Å². The highest BCUT2D eigenvalue weighted by molar-refractivity contribution is 6.77. The van der Waals surface area contributed by atoms with E-state index < -0.39 is 20.0 Å². The molecule has 0 saturated carbocycles. The van der Waals surface area contributed by atoms with Crippen molar-refractivity contribution in [3.05, 3.63) is 11.1 Å². The molecule has 0 rings (SSSR count). The van der Waals surface area contributed by atoms with Gasteiger partial charge >= 0.3 is 11.9 Å². The molecule has 0 spiro atoms. The summed E-state index contributed by atoms with van der Waals surface area (Å²) in [4.78, 5) is 22.2. The Kier molecular flexibility index (Phi) is 4.93. The van der Waals surface area contributed by atoms with Gasteiger partial charge in [0.2, 0.25) is 0 Å². The Labute approximate surface area is 97.0 Å². The zero-order valence-electron chi connectivity index (χ0n) is 10.5. The van der Waals surface area contributed by atoms with E-state index in [9.17, 15) is 9.59 Å². The highest BCUT2D eigenvalue weighted by Crippen LogP contribution is 2.24. The monoisotopic (exact) mass is 244 g/mol. The van der Waals surface area contributed by atoms with Crippen LogP contribution < -0.4 is 0 Å². The van der Waals surface area contributed by atoms with Crippen LogP contribution in [0.25, 0.3) is 0 Å². The van der Waals surface area contributed by atoms with E-state index >= 15 is 0 Å². The van der Waals surface area contributed by atoms with Crippen LogP contribution >= 0.6 is 0 Å². The van der Waals surface area contributed by atoms with E-state index in [0.717, 1.165) is 0 Å². The summed E-state index contributed by atoms with van der Waals surface area (Å²) in [7, 11) is -1.64. The van der Waals surface area contributed by atoms with Gasteiger partial charge in [-0.25, -0.2) is 9.59 Å². The van der Waals surface area contributed by atoms with E-state index in [-0.39, 0.29) is 17.1 Å². The van der Waals surface area contributed by atoms with Crippen LogP contribution in [0, 0.1) is 5.92 Å². The van der Waals surface area contributed by atoms with Crippen molar-refractivity contribution < 1.29 is 19.8 Å². The molecule has 0 aliphatic rings. The fourth-order valence-corrected chi connectivity index (χ4v) is 2.94. The zero-order chi connectivity index (χ0) is 13.1. The fourth-order valence-electron chi connectivity index (χ4n) is 1.54. The average molecular weight is 244 g/mol. The second-order valence-electron chi connectivity index (χ2n) is 5.39. The van der Waals surface area contributed by atoms with Gasteiger partial charge in [0.15, 0.2) is 0 Å². The third kappa shape index (κ3) is 4.61. The van der Waals surface area contributed by atoms with Crippen molar-refractivity contribution in [2.45, 2.75) is 39.5 Å². The number of hydrogen-bond donors (Lipinski definition) is 2. The summed E-state index contributed by atoms with van der Waals surface area (Å²) >= 11 is 0. The number of hydrogen-bond acceptors (Lipinski definition) is 2. The van der Waals surface area contributed by atoms with Gasteiger partial charge < -0.3 is 10.2 Å². The van der Waals surface area contributed by atoms with Crippen LogP contribution in [0.2, 0.25) is 25.7 Å². The predicted molar refractivity (Wildman–Crippen MR) is 65.3 cm³/mol. The molecule has 0 amide bonds. The molecule has 0 unspecified atom stereocenters. The van der Waals surface area contributed by atoms with Crippen molar-refractivity contribution in [2.75, 3.05) is 0 Å². The van der Waals surface area contributed by atoms with Crippen molar-refractivity contribution in [3.63, 3.8) is 0 Å². The Hall–Kier alpha value is -1.10. The molecule has 0 heterocycles. The third-order valence-corrected chi connectivity index (χ3v) is 3.51. The highest BCUT2D eigenvalue weighted by atomic mass is 28.3. The molecule has 0 atom stereocenters. The topological polar surface area (TPSA) is 74.6 Å². The quantitative estimate of drug-likeness (QED) is 0.575. The summed E-state index contributed by atoms with van der Waals surface area (Å²) in [6.07, 6.45) is 0. The molecular weight excluding hydrogens is 224 g/mol. The minimum atomic E-state index is -1.64. The summed E-state index contributed by atoms with van der Waals surface area (Å²) in [5, 5.41) is 18.2. The number of carboxylic acid groups (broad SMARTS) is 2. The van der Waals surface area contributed by atoms with Crippen LogP contribution in [0.3, 0.4) is 0 Å². The summed E-state index contributed by atoms with van der Waals surface area (Å²) in [5.41, 5.74) is 0.108. The van der Waals surface area contributed by atoms with Gasteiger partial charge in [-0.2, -0.15) is 0 Å². The number of carboxylic acids is 2. The van der Waals surface area contributed by atoms with E-state index in [0.29, 0.717) is 6.04 Å². The van der Waals surface area contributed by atoms with Gasteiger partial charge in [-0.15, -0.1) is 0 Å². The fraction of sp³-hybridized carbons (Fsp3) is 0.636. The van der Waals surface area contributed by atoms with Gasteiger partial charge in [0.05, 0.1) is 0 Å². The number of carbonyl (C=O) groups is 2. The molecule has 16 heavy (non-hydrogen) atoms. The van der Waals surface area contributed by atoms with Crippen molar-refractivity contribution in [1.29, 1.82) is 0 Å². The summed E-state index contributed by atoms with van der Waals surface area (Å²) in [6.45, 7) is 9.48. The Bertz CT molecular complexity index is 323. The molecule has 0 bridgehead atoms. The predicted octanol–water partition coefficient (Wildman–Crippen LogP) is 2.45. The molecule has 0 aromatic carbocycles. The van der Waals surface area contributed by atoms with Gasteiger partial charge in [0.1, 0.15) is 0 Å². The number of rotatable bonds is 5. The molecule has 92 valence electrons. The van der Waals surface area contributed by atoms with Gasteiger partial charge in [-0.1, -0.05) is 33.5 Å². The maximum atomic E-state index is 11.1. The molecule has 0 aromatic rings. The molecule has 0 saturated heterocycles. The van der Waals surface area contributed by atoms with E-state index in [1.54, 1.807) is 13.8 Å². The van der Waals surface area contributed by atoms with E-state index in [1.165, 1.54) is 0 Å². The molecule has 2 N–H and O–H groups in total. The van der Waals surface area contributed by atoms with Gasteiger partial charge in [0, 0.05) is 19.2 Å². The molecule has 0 aliphatic carbocycles. The maximum Gasteiger partial charge on any atom is 0.332 e. The largest absolute Gasteiger partial charge is 0.478 e. The first-order valence-electron chi connectivity index (χ1n) is 5.26. The second-order valence-corrected chi connectivity index (χ2v) is 10.9. The van der Waals surface area contributed by atoms with Gasteiger partial charge in [0.25, 0.3) is 0 Å². The summed E-state index contributed by atoms with van der Waals surface area (Å²) < 4.78 is 0. The Balaban J connectivity index is 5.51. The molecule has 5 heteroatoms. The van der Waals surface area contributed by atoms with E-state index in [4.69, 9.17) is 10.2 Å². The lowest BCUT2D eigenvalue weighted by Gasteiger charge is -2.19. The summed E-state index contributed by atoms with van der Waals surface area (Å²) in [6, 6.07) is 0.391. The molecule has 0 aromatic heterocycles. The highest BCUT2D eigenvalue weighted by Gasteiger charge is 2.27. The molecule has 0 fully saturated rings. The molecule has 0 aliphatic heterocycles. The average Bonchev–Trinajstić information content (AvgIpc) is 1.98. The van der Waals surface area contributed by atoms with Crippen molar-refractivity contribution in [3.8, 4) is 0 Å². The maximum absolute atomic E-state index is 11.1. The van der Waals surface area contributed by atoms with Crippen LogP contribution in [0.1, 0.15) is 13.8 Å². The first-order valence-corrected chi connectivity index (χ1v) is 8.96. The summed E-state index contributed by atoms with van der Waals surface area (Å²) in [5.74, 6) is -2.50. The van der Waals surface area contributed by atoms with Gasteiger partial charge in [-0.3, -0.25) is 0 Å².